The third-order valence-corrected chi connectivity index (χ3v) is 3.76. The molecule has 0 spiro atoms. The molecule has 0 aliphatic heterocycles. The lowest BCUT2D eigenvalue weighted by atomic mass is 10.0. The quantitative estimate of drug-likeness (QED) is 0.811. The highest BCUT2D eigenvalue weighted by Gasteiger charge is 2.25. The lowest BCUT2D eigenvalue weighted by molar-refractivity contribution is 0.185. The Labute approximate surface area is 109 Å². The van der Waals surface area contributed by atoms with Crippen LogP contribution < -0.4 is 5.32 Å². The van der Waals surface area contributed by atoms with E-state index in [0.29, 0.717) is 25.2 Å². The summed E-state index contributed by atoms with van der Waals surface area (Å²) in [5, 5.41) is 12.9. The molecular weight excluding hydrogens is 226 g/mol. The third kappa shape index (κ3) is 3.55. The molecule has 1 aromatic carbocycles. The van der Waals surface area contributed by atoms with Gasteiger partial charge in [-0.15, -0.1) is 0 Å². The molecule has 1 aliphatic rings. The maximum absolute atomic E-state index is 9.29. The van der Waals surface area contributed by atoms with E-state index in [1.165, 1.54) is 24.0 Å². The van der Waals surface area contributed by atoms with Crippen LogP contribution in [0.2, 0.25) is 0 Å². The van der Waals surface area contributed by atoms with Crippen molar-refractivity contribution in [1.82, 2.24) is 5.32 Å². The van der Waals surface area contributed by atoms with E-state index in [4.69, 9.17) is 4.74 Å². The summed E-state index contributed by atoms with van der Waals surface area (Å²) in [6.07, 6.45) is 3.56. The SMILES string of the molecule is COCc1cccc(CNC2CCCC2CO)c1. The first kappa shape index (κ1) is 13.5. The van der Waals surface area contributed by atoms with Crippen molar-refractivity contribution in [2.75, 3.05) is 13.7 Å². The maximum atomic E-state index is 9.29. The predicted octanol–water partition coefficient (Wildman–Crippen LogP) is 2.08. The number of benzene rings is 1. The van der Waals surface area contributed by atoms with Crippen LogP contribution in [0.3, 0.4) is 0 Å². The van der Waals surface area contributed by atoms with Gasteiger partial charge >= 0.3 is 0 Å². The second kappa shape index (κ2) is 6.88. The lowest BCUT2D eigenvalue weighted by Crippen LogP contribution is -2.33. The van der Waals surface area contributed by atoms with Crippen molar-refractivity contribution in [3.8, 4) is 0 Å². The monoisotopic (exact) mass is 249 g/mol. The van der Waals surface area contributed by atoms with Crippen molar-refractivity contribution >= 4 is 0 Å². The molecular formula is C15H23NO2. The first-order valence-corrected chi connectivity index (χ1v) is 6.74. The van der Waals surface area contributed by atoms with Crippen LogP contribution >= 0.6 is 0 Å². The molecule has 1 saturated carbocycles. The maximum Gasteiger partial charge on any atom is 0.0713 e. The Hall–Kier alpha value is -0.900. The average Bonchev–Trinajstić information content (AvgIpc) is 2.84. The Bertz CT molecular complexity index is 367. The minimum Gasteiger partial charge on any atom is -0.396 e. The Balaban J connectivity index is 1.87. The molecule has 0 radical (unpaired) electrons. The summed E-state index contributed by atoms with van der Waals surface area (Å²) in [4.78, 5) is 0. The number of methoxy groups -OCH3 is 1. The second-order valence-corrected chi connectivity index (χ2v) is 5.11. The number of aliphatic hydroxyl groups excluding tert-OH is 1. The molecule has 3 nitrogen and oxygen atoms in total. The van der Waals surface area contributed by atoms with E-state index in [0.717, 1.165) is 13.0 Å². The molecule has 0 bridgehead atoms. The van der Waals surface area contributed by atoms with Gasteiger partial charge in [0.1, 0.15) is 0 Å². The molecule has 0 amide bonds. The second-order valence-electron chi connectivity index (χ2n) is 5.11. The van der Waals surface area contributed by atoms with E-state index in [1.807, 2.05) is 0 Å². The summed E-state index contributed by atoms with van der Waals surface area (Å²) in [7, 11) is 1.72. The molecule has 2 unspecified atom stereocenters. The molecule has 18 heavy (non-hydrogen) atoms. The Morgan fingerprint density at radius 1 is 1.33 bits per heavy atom. The zero-order valence-electron chi connectivity index (χ0n) is 11.1. The summed E-state index contributed by atoms with van der Waals surface area (Å²) in [6, 6.07) is 8.94. The van der Waals surface area contributed by atoms with E-state index in [1.54, 1.807) is 7.11 Å². The van der Waals surface area contributed by atoms with Gasteiger partial charge in [-0.1, -0.05) is 30.7 Å². The smallest absolute Gasteiger partial charge is 0.0713 e. The minimum atomic E-state index is 0.307. The number of ether oxygens (including phenoxy) is 1. The van der Waals surface area contributed by atoms with E-state index in [2.05, 4.69) is 29.6 Å². The number of rotatable bonds is 6. The number of nitrogens with one attached hydrogen (secondary N) is 1. The number of aliphatic hydroxyl groups is 1. The van der Waals surface area contributed by atoms with Crippen LogP contribution in [0.1, 0.15) is 30.4 Å². The summed E-state index contributed by atoms with van der Waals surface area (Å²) in [5.74, 6) is 0.437. The van der Waals surface area contributed by atoms with Gasteiger partial charge in [-0.2, -0.15) is 0 Å². The van der Waals surface area contributed by atoms with Crippen molar-refractivity contribution < 1.29 is 9.84 Å². The zero-order valence-corrected chi connectivity index (χ0v) is 11.1. The van der Waals surface area contributed by atoms with Crippen LogP contribution in [0.4, 0.5) is 0 Å². The van der Waals surface area contributed by atoms with E-state index in [-0.39, 0.29) is 0 Å². The van der Waals surface area contributed by atoms with Crippen molar-refractivity contribution in [2.45, 2.75) is 38.5 Å². The minimum absolute atomic E-state index is 0.307. The van der Waals surface area contributed by atoms with Gasteiger partial charge in [0.05, 0.1) is 6.61 Å². The number of hydrogen-bond donors (Lipinski definition) is 2. The molecule has 1 fully saturated rings. The van der Waals surface area contributed by atoms with Crippen LogP contribution in [0, 0.1) is 5.92 Å². The van der Waals surface area contributed by atoms with Gasteiger partial charge in [0.15, 0.2) is 0 Å². The van der Waals surface area contributed by atoms with Crippen LogP contribution in [0.15, 0.2) is 24.3 Å². The summed E-state index contributed by atoms with van der Waals surface area (Å²) < 4.78 is 5.14. The first-order chi connectivity index (χ1) is 8.83. The molecule has 100 valence electrons. The van der Waals surface area contributed by atoms with Gasteiger partial charge in [0.25, 0.3) is 0 Å². The topological polar surface area (TPSA) is 41.5 Å². The molecule has 2 N–H and O–H groups in total. The summed E-state index contributed by atoms with van der Waals surface area (Å²) in [6.45, 7) is 1.84. The normalized spacial score (nSPS) is 23.4. The van der Waals surface area contributed by atoms with E-state index < -0.39 is 0 Å². The largest absolute Gasteiger partial charge is 0.396 e. The fraction of sp³-hybridized carbons (Fsp3) is 0.600. The fourth-order valence-corrected chi connectivity index (χ4v) is 2.77. The predicted molar refractivity (Wildman–Crippen MR) is 72.2 cm³/mol. The van der Waals surface area contributed by atoms with Crippen molar-refractivity contribution in [2.24, 2.45) is 5.92 Å². The van der Waals surface area contributed by atoms with Gasteiger partial charge in [-0.05, 0) is 29.9 Å². The highest BCUT2D eigenvalue weighted by atomic mass is 16.5. The highest BCUT2D eigenvalue weighted by molar-refractivity contribution is 5.23. The van der Waals surface area contributed by atoms with Gasteiger partial charge in [-0.3, -0.25) is 0 Å². The Morgan fingerprint density at radius 3 is 2.94 bits per heavy atom. The van der Waals surface area contributed by atoms with Gasteiger partial charge < -0.3 is 15.2 Å². The van der Waals surface area contributed by atoms with Crippen molar-refractivity contribution in [3.63, 3.8) is 0 Å². The van der Waals surface area contributed by atoms with E-state index in [9.17, 15) is 5.11 Å². The van der Waals surface area contributed by atoms with Gasteiger partial charge in [0.2, 0.25) is 0 Å². The number of hydrogen-bond acceptors (Lipinski definition) is 3. The standard InChI is InChI=1S/C15H23NO2/c1-18-11-13-5-2-4-12(8-13)9-16-15-7-3-6-14(15)10-17/h2,4-5,8,14-17H,3,6-7,9-11H2,1H3. The molecule has 0 heterocycles. The Morgan fingerprint density at radius 2 is 2.17 bits per heavy atom. The molecule has 0 saturated heterocycles. The van der Waals surface area contributed by atoms with Gasteiger partial charge in [-0.25, -0.2) is 0 Å². The van der Waals surface area contributed by atoms with Crippen LogP contribution in [-0.2, 0) is 17.9 Å². The molecule has 2 atom stereocenters. The van der Waals surface area contributed by atoms with Crippen molar-refractivity contribution in [3.05, 3.63) is 35.4 Å². The average molecular weight is 249 g/mol. The zero-order chi connectivity index (χ0) is 12.8. The highest BCUT2D eigenvalue weighted by Crippen LogP contribution is 2.25. The summed E-state index contributed by atoms with van der Waals surface area (Å²) >= 11 is 0. The molecule has 2 rings (SSSR count). The van der Waals surface area contributed by atoms with Crippen LogP contribution in [-0.4, -0.2) is 24.9 Å². The lowest BCUT2D eigenvalue weighted by Gasteiger charge is -2.19. The fourth-order valence-electron chi connectivity index (χ4n) is 2.77. The molecule has 1 aromatic rings. The Kier molecular flexibility index (Phi) is 5.17. The van der Waals surface area contributed by atoms with Crippen molar-refractivity contribution in [1.29, 1.82) is 0 Å². The summed E-state index contributed by atoms with van der Waals surface area (Å²) in [5.41, 5.74) is 2.50. The van der Waals surface area contributed by atoms with Gasteiger partial charge in [0, 0.05) is 26.3 Å². The van der Waals surface area contributed by atoms with Crippen LogP contribution in [0.5, 0.6) is 0 Å². The first-order valence-electron chi connectivity index (χ1n) is 6.74. The molecule has 3 heteroatoms. The molecule has 0 aromatic heterocycles. The third-order valence-electron chi connectivity index (χ3n) is 3.76. The molecule has 1 aliphatic carbocycles. The van der Waals surface area contributed by atoms with E-state index >= 15 is 0 Å². The van der Waals surface area contributed by atoms with Crippen LogP contribution in [0.25, 0.3) is 0 Å².